The number of hydrogen-bond acceptors (Lipinski definition) is 4. The fraction of sp³-hybridized carbons (Fsp3) is 0.444. The van der Waals surface area contributed by atoms with Crippen molar-refractivity contribution < 1.29 is 9.53 Å². The van der Waals surface area contributed by atoms with E-state index in [1.165, 1.54) is 16.9 Å². The third-order valence-corrected chi connectivity index (χ3v) is 5.36. The molecule has 0 unspecified atom stereocenters. The maximum atomic E-state index is 12.4. The van der Waals surface area contributed by atoms with Crippen molar-refractivity contribution in [2.75, 3.05) is 6.61 Å². The van der Waals surface area contributed by atoms with E-state index in [0.717, 1.165) is 29.2 Å². The lowest BCUT2D eigenvalue weighted by Gasteiger charge is -2.16. The Morgan fingerprint density at radius 1 is 1.52 bits per heavy atom. The van der Waals surface area contributed by atoms with E-state index in [9.17, 15) is 4.79 Å². The molecule has 1 N–H and O–H groups in total. The van der Waals surface area contributed by atoms with Gasteiger partial charge in [0.1, 0.15) is 0 Å². The number of aryl methyl sites for hydroxylation is 1. The van der Waals surface area contributed by atoms with Gasteiger partial charge in [-0.2, -0.15) is 0 Å². The predicted octanol–water partition coefficient (Wildman–Crippen LogP) is 3.60. The van der Waals surface area contributed by atoms with Gasteiger partial charge in [0.25, 0.3) is 5.91 Å². The van der Waals surface area contributed by atoms with Gasteiger partial charge < -0.3 is 10.1 Å². The average molecular weight is 330 g/mol. The smallest absolute Gasteiger partial charge is 0.261 e. The zero-order valence-corrected chi connectivity index (χ0v) is 14.4. The van der Waals surface area contributed by atoms with Crippen molar-refractivity contribution in [3.8, 4) is 5.88 Å². The van der Waals surface area contributed by atoms with Crippen LogP contribution in [0.25, 0.3) is 0 Å². The van der Waals surface area contributed by atoms with Gasteiger partial charge in [-0.25, -0.2) is 4.98 Å². The zero-order chi connectivity index (χ0) is 16.2. The van der Waals surface area contributed by atoms with Crippen LogP contribution >= 0.6 is 11.3 Å². The van der Waals surface area contributed by atoms with Gasteiger partial charge in [-0.3, -0.25) is 4.79 Å². The van der Waals surface area contributed by atoms with E-state index in [4.69, 9.17) is 4.74 Å². The molecule has 4 nitrogen and oxygen atoms in total. The van der Waals surface area contributed by atoms with Crippen LogP contribution in [0.5, 0.6) is 5.88 Å². The summed E-state index contributed by atoms with van der Waals surface area (Å²) in [7, 11) is 0. The third kappa shape index (κ3) is 3.72. The first-order chi connectivity index (χ1) is 11.2. The number of aromatic nitrogens is 1. The molecule has 1 aliphatic rings. The van der Waals surface area contributed by atoms with Crippen molar-refractivity contribution >= 4 is 17.2 Å². The first-order valence-corrected chi connectivity index (χ1v) is 8.95. The number of ether oxygens (including phenoxy) is 1. The number of nitrogens with one attached hydrogen (secondary N) is 1. The summed E-state index contributed by atoms with van der Waals surface area (Å²) in [6.07, 6.45) is 5.12. The van der Waals surface area contributed by atoms with E-state index in [0.29, 0.717) is 19.0 Å². The van der Waals surface area contributed by atoms with Crippen LogP contribution in [0.1, 0.15) is 45.9 Å². The van der Waals surface area contributed by atoms with Crippen LogP contribution in [-0.2, 0) is 19.4 Å². The lowest BCUT2D eigenvalue weighted by atomic mass is 9.90. The Morgan fingerprint density at radius 3 is 3.22 bits per heavy atom. The summed E-state index contributed by atoms with van der Waals surface area (Å²) in [5, 5.41) is 2.99. The second-order valence-electron chi connectivity index (χ2n) is 5.99. The molecule has 0 spiro atoms. The van der Waals surface area contributed by atoms with Crippen molar-refractivity contribution in [2.24, 2.45) is 5.92 Å². The van der Waals surface area contributed by atoms with Crippen LogP contribution in [-0.4, -0.2) is 17.5 Å². The minimum absolute atomic E-state index is 0.0108. The second kappa shape index (κ2) is 7.13. The van der Waals surface area contributed by atoms with E-state index in [1.807, 2.05) is 19.1 Å². The highest BCUT2D eigenvalue weighted by Gasteiger charge is 2.20. The molecule has 0 aromatic carbocycles. The lowest BCUT2D eigenvalue weighted by molar-refractivity contribution is 0.0954. The quantitative estimate of drug-likeness (QED) is 0.911. The van der Waals surface area contributed by atoms with E-state index in [1.54, 1.807) is 17.5 Å². The summed E-state index contributed by atoms with van der Waals surface area (Å²) < 4.78 is 5.49. The van der Waals surface area contributed by atoms with Crippen molar-refractivity contribution in [1.29, 1.82) is 0 Å². The number of rotatable bonds is 5. The number of pyridine rings is 1. The largest absolute Gasteiger partial charge is 0.478 e. The minimum Gasteiger partial charge on any atom is -0.478 e. The van der Waals surface area contributed by atoms with Crippen molar-refractivity contribution in [3.05, 3.63) is 45.3 Å². The Bertz CT molecular complexity index is 696. The second-order valence-corrected chi connectivity index (χ2v) is 7.13. The van der Waals surface area contributed by atoms with Crippen LogP contribution < -0.4 is 10.1 Å². The summed E-state index contributed by atoms with van der Waals surface area (Å²) in [4.78, 5) is 18.8. The molecule has 0 radical (unpaired) electrons. The van der Waals surface area contributed by atoms with E-state index in [2.05, 4.69) is 23.3 Å². The third-order valence-electron chi connectivity index (χ3n) is 4.12. The van der Waals surface area contributed by atoms with E-state index < -0.39 is 0 Å². The van der Waals surface area contributed by atoms with Gasteiger partial charge in [-0.05, 0) is 49.8 Å². The number of carbonyl (C=O) groups excluding carboxylic acids is 1. The number of hydrogen-bond donors (Lipinski definition) is 1. The molecule has 0 aliphatic heterocycles. The SMILES string of the molecule is CCOc1ncccc1CNC(=O)c1cc2c(s1)CC[C@H](C)C2. The van der Waals surface area contributed by atoms with E-state index >= 15 is 0 Å². The molecule has 0 saturated heterocycles. The predicted molar refractivity (Wildman–Crippen MR) is 92.1 cm³/mol. The van der Waals surface area contributed by atoms with Gasteiger partial charge in [0.15, 0.2) is 0 Å². The molecule has 2 aromatic rings. The van der Waals surface area contributed by atoms with Crippen molar-refractivity contribution in [1.82, 2.24) is 10.3 Å². The van der Waals surface area contributed by atoms with Crippen LogP contribution in [0.2, 0.25) is 0 Å². The van der Waals surface area contributed by atoms with Crippen LogP contribution in [0.15, 0.2) is 24.4 Å². The molecule has 5 heteroatoms. The number of fused-ring (bicyclic) bond motifs is 1. The topological polar surface area (TPSA) is 51.2 Å². The highest BCUT2D eigenvalue weighted by Crippen LogP contribution is 2.32. The summed E-state index contributed by atoms with van der Waals surface area (Å²) in [5.74, 6) is 1.30. The number of thiophene rings is 1. The Morgan fingerprint density at radius 2 is 2.39 bits per heavy atom. The summed E-state index contributed by atoms with van der Waals surface area (Å²) in [6.45, 7) is 5.20. The molecule has 23 heavy (non-hydrogen) atoms. The zero-order valence-electron chi connectivity index (χ0n) is 13.6. The number of carbonyl (C=O) groups is 1. The summed E-state index contributed by atoms with van der Waals surface area (Å²) >= 11 is 1.64. The molecular weight excluding hydrogens is 308 g/mol. The molecule has 122 valence electrons. The molecule has 0 saturated carbocycles. The van der Waals surface area contributed by atoms with Gasteiger partial charge in [-0.15, -0.1) is 11.3 Å². The highest BCUT2D eigenvalue weighted by molar-refractivity contribution is 7.14. The Labute approximate surface area is 140 Å². The standard InChI is InChI=1S/C18H22N2O2S/c1-3-22-18-13(5-4-8-19-18)11-20-17(21)16-10-14-9-12(2)6-7-15(14)23-16/h4-5,8,10,12H,3,6-7,9,11H2,1-2H3,(H,20,21)/t12-/m0/s1. The molecular formula is C18H22N2O2S. The fourth-order valence-corrected chi connectivity index (χ4v) is 4.03. The van der Waals surface area contributed by atoms with Crippen molar-refractivity contribution in [3.63, 3.8) is 0 Å². The maximum absolute atomic E-state index is 12.4. The van der Waals surface area contributed by atoms with Crippen LogP contribution in [0.3, 0.4) is 0 Å². The average Bonchev–Trinajstić information content (AvgIpc) is 2.97. The summed E-state index contributed by atoms with van der Waals surface area (Å²) in [6, 6.07) is 5.85. The molecule has 2 aromatic heterocycles. The number of amides is 1. The molecule has 1 amide bonds. The maximum Gasteiger partial charge on any atom is 0.261 e. The van der Waals surface area contributed by atoms with Crippen LogP contribution in [0.4, 0.5) is 0 Å². The first kappa shape index (κ1) is 16.0. The van der Waals surface area contributed by atoms with Crippen LogP contribution in [0, 0.1) is 5.92 Å². The van der Waals surface area contributed by atoms with Gasteiger partial charge in [-0.1, -0.05) is 13.0 Å². The Hall–Kier alpha value is -1.88. The Balaban J connectivity index is 1.66. The molecule has 2 heterocycles. The molecule has 0 fully saturated rings. The molecule has 1 atom stereocenters. The minimum atomic E-state index is -0.0108. The monoisotopic (exact) mass is 330 g/mol. The molecule has 3 rings (SSSR count). The van der Waals surface area contributed by atoms with Gasteiger partial charge in [0, 0.05) is 23.2 Å². The molecule has 0 bridgehead atoms. The fourth-order valence-electron chi connectivity index (χ4n) is 2.91. The Kier molecular flexibility index (Phi) is 4.96. The molecule has 1 aliphatic carbocycles. The summed E-state index contributed by atoms with van der Waals surface area (Å²) in [5.41, 5.74) is 2.26. The lowest BCUT2D eigenvalue weighted by Crippen LogP contribution is -2.22. The number of nitrogens with zero attached hydrogens (tertiary/aromatic N) is 1. The van der Waals surface area contributed by atoms with Gasteiger partial charge in [0.2, 0.25) is 5.88 Å². The van der Waals surface area contributed by atoms with Gasteiger partial charge >= 0.3 is 0 Å². The normalized spacial score (nSPS) is 16.7. The highest BCUT2D eigenvalue weighted by atomic mass is 32.1. The van der Waals surface area contributed by atoms with E-state index in [-0.39, 0.29) is 5.91 Å². The van der Waals surface area contributed by atoms with Crippen molar-refractivity contribution in [2.45, 2.75) is 39.7 Å². The van der Waals surface area contributed by atoms with Gasteiger partial charge in [0.05, 0.1) is 11.5 Å². The first-order valence-electron chi connectivity index (χ1n) is 8.13.